The molecule has 0 aromatic heterocycles. The van der Waals surface area contributed by atoms with E-state index in [9.17, 15) is 0 Å². The van der Waals surface area contributed by atoms with E-state index in [1.807, 2.05) is 12.1 Å². The first-order valence-electron chi connectivity index (χ1n) is 7.22. The predicted octanol–water partition coefficient (Wildman–Crippen LogP) is 2.53. The van der Waals surface area contributed by atoms with Crippen molar-refractivity contribution in [1.29, 1.82) is 0 Å². The predicted molar refractivity (Wildman–Crippen MR) is 80.7 cm³/mol. The van der Waals surface area contributed by atoms with E-state index < -0.39 is 0 Å². The van der Waals surface area contributed by atoms with Gasteiger partial charge in [-0.1, -0.05) is 15.9 Å². The zero-order valence-electron chi connectivity index (χ0n) is 11.5. The molecule has 1 saturated carbocycles. The van der Waals surface area contributed by atoms with Crippen molar-refractivity contribution < 1.29 is 14.2 Å². The smallest absolute Gasteiger partial charge is 0.162 e. The van der Waals surface area contributed by atoms with Gasteiger partial charge in [-0.3, -0.25) is 0 Å². The third-order valence-electron chi connectivity index (χ3n) is 3.48. The van der Waals surface area contributed by atoms with Gasteiger partial charge >= 0.3 is 0 Å². The van der Waals surface area contributed by atoms with Crippen LogP contribution in [0.15, 0.2) is 16.6 Å². The third kappa shape index (κ3) is 3.87. The molecule has 1 aliphatic heterocycles. The zero-order chi connectivity index (χ0) is 13.8. The monoisotopic (exact) mass is 341 g/mol. The molecule has 2 aliphatic rings. The molecule has 5 heteroatoms. The van der Waals surface area contributed by atoms with Gasteiger partial charge in [0.2, 0.25) is 0 Å². The molecule has 0 amide bonds. The molecule has 20 heavy (non-hydrogen) atoms. The van der Waals surface area contributed by atoms with Crippen molar-refractivity contribution >= 4 is 15.9 Å². The SMILES string of the molecule is Brc1cc2c(cc1CCOCCNC1CC1)OCCO2. The Morgan fingerprint density at radius 1 is 1.15 bits per heavy atom. The quantitative estimate of drug-likeness (QED) is 0.773. The number of hydrogen-bond donors (Lipinski definition) is 1. The molecule has 1 aromatic rings. The molecule has 3 rings (SSSR count). The van der Waals surface area contributed by atoms with E-state index in [-0.39, 0.29) is 0 Å². The highest BCUT2D eigenvalue weighted by molar-refractivity contribution is 9.10. The number of halogens is 1. The van der Waals surface area contributed by atoms with Crippen LogP contribution in [0.5, 0.6) is 11.5 Å². The average molecular weight is 342 g/mol. The Labute approximate surface area is 127 Å². The second-order valence-electron chi connectivity index (χ2n) is 5.18. The number of fused-ring (bicyclic) bond motifs is 1. The lowest BCUT2D eigenvalue weighted by molar-refractivity contribution is 0.138. The van der Waals surface area contributed by atoms with Crippen molar-refractivity contribution in [3.63, 3.8) is 0 Å². The van der Waals surface area contributed by atoms with Crippen molar-refractivity contribution in [3.8, 4) is 11.5 Å². The lowest BCUT2D eigenvalue weighted by Gasteiger charge is -2.20. The molecule has 4 nitrogen and oxygen atoms in total. The van der Waals surface area contributed by atoms with Crippen LogP contribution in [-0.4, -0.2) is 39.0 Å². The number of ether oxygens (including phenoxy) is 3. The third-order valence-corrected chi connectivity index (χ3v) is 4.22. The van der Waals surface area contributed by atoms with Gasteiger partial charge in [-0.05, 0) is 37.0 Å². The number of hydrogen-bond acceptors (Lipinski definition) is 4. The van der Waals surface area contributed by atoms with E-state index in [4.69, 9.17) is 14.2 Å². The minimum absolute atomic E-state index is 0.621. The highest BCUT2D eigenvalue weighted by atomic mass is 79.9. The Bertz CT molecular complexity index is 463. The summed E-state index contributed by atoms with van der Waals surface area (Å²) in [6.45, 7) is 3.70. The normalized spacial score (nSPS) is 17.2. The van der Waals surface area contributed by atoms with Crippen LogP contribution in [-0.2, 0) is 11.2 Å². The van der Waals surface area contributed by atoms with Crippen LogP contribution >= 0.6 is 15.9 Å². The maximum atomic E-state index is 5.66. The lowest BCUT2D eigenvalue weighted by Crippen LogP contribution is -2.22. The van der Waals surface area contributed by atoms with Crippen LogP contribution in [0.25, 0.3) is 0 Å². The highest BCUT2D eigenvalue weighted by Crippen LogP contribution is 2.35. The molecule has 1 N–H and O–H groups in total. The summed E-state index contributed by atoms with van der Waals surface area (Å²) < 4.78 is 17.9. The van der Waals surface area contributed by atoms with Gasteiger partial charge in [0.15, 0.2) is 11.5 Å². The fourth-order valence-electron chi connectivity index (χ4n) is 2.20. The van der Waals surface area contributed by atoms with Gasteiger partial charge in [0.25, 0.3) is 0 Å². The van der Waals surface area contributed by atoms with Gasteiger partial charge in [-0.2, -0.15) is 0 Å². The highest BCUT2D eigenvalue weighted by Gasteiger charge is 2.19. The largest absolute Gasteiger partial charge is 0.486 e. The molecule has 0 saturated heterocycles. The molecule has 110 valence electrons. The first kappa shape index (κ1) is 14.2. The fraction of sp³-hybridized carbons (Fsp3) is 0.600. The summed E-state index contributed by atoms with van der Waals surface area (Å²) in [5, 5.41) is 3.44. The Kier molecular flexibility index (Phi) is 4.81. The summed E-state index contributed by atoms with van der Waals surface area (Å²) in [7, 11) is 0. The summed E-state index contributed by atoms with van der Waals surface area (Å²) in [6, 6.07) is 4.79. The Hall–Kier alpha value is -0.780. The van der Waals surface area contributed by atoms with Crippen molar-refractivity contribution in [3.05, 3.63) is 22.2 Å². The summed E-state index contributed by atoms with van der Waals surface area (Å²) in [5.41, 5.74) is 1.20. The Morgan fingerprint density at radius 3 is 2.65 bits per heavy atom. The minimum Gasteiger partial charge on any atom is -0.486 e. The maximum absolute atomic E-state index is 5.66. The molecule has 1 fully saturated rings. The molecular weight excluding hydrogens is 322 g/mol. The summed E-state index contributed by atoms with van der Waals surface area (Å²) in [5.74, 6) is 1.66. The fourth-order valence-corrected chi connectivity index (χ4v) is 2.73. The van der Waals surface area contributed by atoms with Crippen LogP contribution in [0.1, 0.15) is 18.4 Å². The topological polar surface area (TPSA) is 39.7 Å². The molecular formula is C15H20BrNO3. The average Bonchev–Trinajstić information content (AvgIpc) is 3.27. The molecule has 0 radical (unpaired) electrons. The van der Waals surface area contributed by atoms with E-state index >= 15 is 0 Å². The summed E-state index contributed by atoms with van der Waals surface area (Å²) in [6.07, 6.45) is 3.52. The second kappa shape index (κ2) is 6.78. The van der Waals surface area contributed by atoms with E-state index in [1.165, 1.54) is 18.4 Å². The Balaban J connectivity index is 1.44. The summed E-state index contributed by atoms with van der Waals surface area (Å²) in [4.78, 5) is 0. The minimum atomic E-state index is 0.621. The molecule has 0 bridgehead atoms. The van der Waals surface area contributed by atoms with Gasteiger partial charge in [0, 0.05) is 17.1 Å². The molecule has 1 heterocycles. The van der Waals surface area contributed by atoms with Crippen molar-refractivity contribution in [2.75, 3.05) is 33.0 Å². The zero-order valence-corrected chi connectivity index (χ0v) is 13.1. The van der Waals surface area contributed by atoms with Crippen LogP contribution in [0.2, 0.25) is 0 Å². The maximum Gasteiger partial charge on any atom is 0.162 e. The van der Waals surface area contributed by atoms with Crippen LogP contribution in [0, 0.1) is 0 Å². The van der Waals surface area contributed by atoms with Gasteiger partial charge in [-0.25, -0.2) is 0 Å². The first-order chi connectivity index (χ1) is 9.83. The van der Waals surface area contributed by atoms with E-state index in [0.717, 1.165) is 48.2 Å². The van der Waals surface area contributed by atoms with E-state index in [1.54, 1.807) is 0 Å². The van der Waals surface area contributed by atoms with Crippen LogP contribution in [0.4, 0.5) is 0 Å². The summed E-state index contributed by atoms with van der Waals surface area (Å²) >= 11 is 3.58. The molecule has 1 aliphatic carbocycles. The van der Waals surface area contributed by atoms with Gasteiger partial charge in [-0.15, -0.1) is 0 Å². The van der Waals surface area contributed by atoms with Crippen molar-refractivity contribution in [1.82, 2.24) is 5.32 Å². The number of rotatable bonds is 7. The second-order valence-corrected chi connectivity index (χ2v) is 6.03. The molecule has 0 unspecified atom stereocenters. The van der Waals surface area contributed by atoms with Gasteiger partial charge < -0.3 is 19.5 Å². The van der Waals surface area contributed by atoms with Crippen LogP contribution in [0.3, 0.4) is 0 Å². The first-order valence-corrected chi connectivity index (χ1v) is 8.01. The molecule has 0 atom stereocenters. The lowest BCUT2D eigenvalue weighted by atomic mass is 10.1. The van der Waals surface area contributed by atoms with E-state index in [2.05, 4.69) is 21.2 Å². The molecule has 1 aromatic carbocycles. The number of benzene rings is 1. The van der Waals surface area contributed by atoms with Crippen LogP contribution < -0.4 is 14.8 Å². The number of nitrogens with one attached hydrogen (secondary N) is 1. The van der Waals surface area contributed by atoms with E-state index in [0.29, 0.717) is 13.2 Å². The van der Waals surface area contributed by atoms with Gasteiger partial charge in [0.1, 0.15) is 13.2 Å². The van der Waals surface area contributed by atoms with Crippen molar-refractivity contribution in [2.45, 2.75) is 25.3 Å². The molecule has 0 spiro atoms. The van der Waals surface area contributed by atoms with Crippen molar-refractivity contribution in [2.24, 2.45) is 0 Å². The standard InChI is InChI=1S/C15H20BrNO3/c16-13-10-15-14(19-7-8-20-15)9-11(13)3-5-18-6-4-17-12-1-2-12/h9-10,12,17H,1-8H2. The Morgan fingerprint density at radius 2 is 1.90 bits per heavy atom. The van der Waals surface area contributed by atoms with Gasteiger partial charge in [0.05, 0.1) is 13.2 Å².